The molecule has 0 spiro atoms. The van der Waals surface area contributed by atoms with Crippen LogP contribution in [-0.2, 0) is 4.74 Å². The molecule has 1 rings (SSSR count). The van der Waals surface area contributed by atoms with Gasteiger partial charge in [-0.15, -0.1) is 13.2 Å². The van der Waals surface area contributed by atoms with E-state index < -0.39 is 6.36 Å². The van der Waals surface area contributed by atoms with Gasteiger partial charge in [0.2, 0.25) is 0 Å². The zero-order valence-corrected chi connectivity index (χ0v) is 10.4. The van der Waals surface area contributed by atoms with E-state index in [1.54, 1.807) is 0 Å². The van der Waals surface area contributed by atoms with Crippen molar-refractivity contribution in [1.29, 1.82) is 0 Å². The van der Waals surface area contributed by atoms with Crippen LogP contribution in [0, 0.1) is 11.8 Å². The zero-order chi connectivity index (χ0) is 12.7. The highest BCUT2D eigenvalue weighted by Crippen LogP contribution is 2.29. The predicted octanol–water partition coefficient (Wildman–Crippen LogP) is 3.33. The minimum Gasteiger partial charge on any atom is -0.314 e. The maximum atomic E-state index is 11.6. The summed E-state index contributed by atoms with van der Waals surface area (Å²) in [4.78, 5) is 0. The smallest absolute Gasteiger partial charge is 0.314 e. The molecule has 1 aliphatic carbocycles. The van der Waals surface area contributed by atoms with Crippen LogP contribution in [0.25, 0.3) is 0 Å². The quantitative estimate of drug-likeness (QED) is 0.733. The van der Waals surface area contributed by atoms with Gasteiger partial charge >= 0.3 is 6.36 Å². The van der Waals surface area contributed by atoms with E-state index in [0.29, 0.717) is 0 Å². The number of hydrogen-bond acceptors (Lipinski definition) is 2. The molecule has 5 heteroatoms. The SMILES string of the molecule is CC1CCC(CCNCCOC(F)(F)F)CC1. The summed E-state index contributed by atoms with van der Waals surface area (Å²) in [5.41, 5.74) is 0. The number of halogens is 3. The maximum Gasteiger partial charge on any atom is 0.522 e. The Morgan fingerprint density at radius 3 is 2.35 bits per heavy atom. The molecule has 17 heavy (non-hydrogen) atoms. The second kappa shape index (κ2) is 7.21. The van der Waals surface area contributed by atoms with Crippen molar-refractivity contribution in [2.75, 3.05) is 19.7 Å². The van der Waals surface area contributed by atoms with E-state index in [9.17, 15) is 13.2 Å². The maximum absolute atomic E-state index is 11.6. The van der Waals surface area contributed by atoms with E-state index in [4.69, 9.17) is 0 Å². The summed E-state index contributed by atoms with van der Waals surface area (Å²) in [5.74, 6) is 1.60. The molecule has 0 radical (unpaired) electrons. The normalized spacial score (nSPS) is 26.1. The largest absolute Gasteiger partial charge is 0.522 e. The van der Waals surface area contributed by atoms with Crippen LogP contribution < -0.4 is 5.32 Å². The molecule has 0 amide bonds. The Morgan fingerprint density at radius 1 is 1.12 bits per heavy atom. The van der Waals surface area contributed by atoms with E-state index in [-0.39, 0.29) is 13.2 Å². The third kappa shape index (κ3) is 7.60. The summed E-state index contributed by atoms with van der Waals surface area (Å²) in [6, 6.07) is 0. The van der Waals surface area contributed by atoms with Crippen molar-refractivity contribution in [3.63, 3.8) is 0 Å². The number of alkyl halides is 3. The predicted molar refractivity (Wildman–Crippen MR) is 60.6 cm³/mol. The van der Waals surface area contributed by atoms with Crippen molar-refractivity contribution < 1.29 is 17.9 Å². The van der Waals surface area contributed by atoms with Gasteiger partial charge in [-0.05, 0) is 24.8 Å². The van der Waals surface area contributed by atoms with Crippen LogP contribution in [0.5, 0.6) is 0 Å². The van der Waals surface area contributed by atoms with Gasteiger partial charge in [0.25, 0.3) is 0 Å². The summed E-state index contributed by atoms with van der Waals surface area (Å²) in [6.07, 6.45) is 1.69. The zero-order valence-electron chi connectivity index (χ0n) is 10.4. The second-order valence-electron chi connectivity index (χ2n) is 4.96. The standard InChI is InChI=1S/C12H22F3NO/c1-10-2-4-11(5-3-10)6-7-16-8-9-17-12(13,14)15/h10-11,16H,2-9H2,1H3. The van der Waals surface area contributed by atoms with Gasteiger partial charge in [0.15, 0.2) is 0 Å². The lowest BCUT2D eigenvalue weighted by Crippen LogP contribution is -2.26. The molecule has 0 atom stereocenters. The Balaban J connectivity index is 1.91. The van der Waals surface area contributed by atoms with E-state index in [0.717, 1.165) is 24.8 Å². The molecule has 0 aliphatic heterocycles. The first kappa shape index (κ1) is 14.8. The lowest BCUT2D eigenvalue weighted by Gasteiger charge is -2.26. The monoisotopic (exact) mass is 253 g/mol. The highest BCUT2D eigenvalue weighted by Gasteiger charge is 2.28. The molecular weight excluding hydrogens is 231 g/mol. The van der Waals surface area contributed by atoms with Gasteiger partial charge in [0, 0.05) is 6.54 Å². The Morgan fingerprint density at radius 2 is 1.76 bits per heavy atom. The van der Waals surface area contributed by atoms with Gasteiger partial charge in [0.05, 0.1) is 6.61 Å². The van der Waals surface area contributed by atoms with Gasteiger partial charge in [-0.1, -0.05) is 32.6 Å². The summed E-state index contributed by atoms with van der Waals surface area (Å²) < 4.78 is 38.6. The molecule has 1 aliphatic rings. The van der Waals surface area contributed by atoms with Crippen LogP contribution in [0.3, 0.4) is 0 Å². The number of hydrogen-bond donors (Lipinski definition) is 1. The molecular formula is C12H22F3NO. The molecule has 1 fully saturated rings. The first-order valence-corrected chi connectivity index (χ1v) is 6.39. The van der Waals surface area contributed by atoms with Crippen LogP contribution in [0.1, 0.15) is 39.0 Å². The number of nitrogens with one attached hydrogen (secondary N) is 1. The fraction of sp³-hybridized carbons (Fsp3) is 1.00. The van der Waals surface area contributed by atoms with Crippen molar-refractivity contribution in [3.8, 4) is 0 Å². The molecule has 0 aromatic heterocycles. The summed E-state index contributed by atoms with van der Waals surface area (Å²) >= 11 is 0. The molecule has 0 aromatic rings. The lowest BCUT2D eigenvalue weighted by atomic mass is 9.81. The summed E-state index contributed by atoms with van der Waals surface area (Å²) in [6.45, 7) is 3.04. The first-order chi connectivity index (χ1) is 7.97. The molecule has 0 bridgehead atoms. The van der Waals surface area contributed by atoms with Crippen molar-refractivity contribution in [1.82, 2.24) is 5.32 Å². The molecule has 1 N–H and O–H groups in total. The number of ether oxygens (including phenoxy) is 1. The Labute approximate surface area is 101 Å². The van der Waals surface area contributed by atoms with Crippen molar-refractivity contribution in [2.45, 2.75) is 45.4 Å². The fourth-order valence-corrected chi connectivity index (χ4v) is 2.29. The average Bonchev–Trinajstić information content (AvgIpc) is 2.24. The van der Waals surface area contributed by atoms with Crippen molar-refractivity contribution >= 4 is 0 Å². The second-order valence-corrected chi connectivity index (χ2v) is 4.96. The van der Waals surface area contributed by atoms with Crippen LogP contribution in [0.15, 0.2) is 0 Å². The van der Waals surface area contributed by atoms with Crippen molar-refractivity contribution in [3.05, 3.63) is 0 Å². The van der Waals surface area contributed by atoms with Gasteiger partial charge in [-0.3, -0.25) is 4.74 Å². The summed E-state index contributed by atoms with van der Waals surface area (Å²) in [5, 5.41) is 2.99. The summed E-state index contributed by atoms with van der Waals surface area (Å²) in [7, 11) is 0. The molecule has 102 valence electrons. The Hall–Kier alpha value is -0.290. The van der Waals surface area contributed by atoms with Crippen molar-refractivity contribution in [2.24, 2.45) is 11.8 Å². The molecule has 2 nitrogen and oxygen atoms in total. The first-order valence-electron chi connectivity index (χ1n) is 6.39. The van der Waals surface area contributed by atoms with E-state index in [1.807, 2.05) is 0 Å². The van der Waals surface area contributed by atoms with Gasteiger partial charge in [0.1, 0.15) is 0 Å². The topological polar surface area (TPSA) is 21.3 Å². The third-order valence-corrected chi connectivity index (χ3v) is 3.41. The third-order valence-electron chi connectivity index (χ3n) is 3.41. The van der Waals surface area contributed by atoms with E-state index >= 15 is 0 Å². The molecule has 1 saturated carbocycles. The van der Waals surface area contributed by atoms with Gasteiger partial charge in [-0.25, -0.2) is 0 Å². The molecule has 0 heterocycles. The number of rotatable bonds is 6. The van der Waals surface area contributed by atoms with Crippen LogP contribution in [-0.4, -0.2) is 26.1 Å². The van der Waals surface area contributed by atoms with Crippen LogP contribution in [0.4, 0.5) is 13.2 Å². The van der Waals surface area contributed by atoms with Gasteiger partial charge < -0.3 is 5.32 Å². The minimum absolute atomic E-state index is 0.267. The Kier molecular flexibility index (Phi) is 6.27. The molecule has 0 aromatic carbocycles. The molecule has 0 saturated heterocycles. The highest BCUT2D eigenvalue weighted by molar-refractivity contribution is 4.70. The molecule has 0 unspecified atom stereocenters. The van der Waals surface area contributed by atoms with Crippen LogP contribution >= 0.6 is 0 Å². The lowest BCUT2D eigenvalue weighted by molar-refractivity contribution is -0.323. The average molecular weight is 253 g/mol. The van der Waals surface area contributed by atoms with E-state index in [2.05, 4.69) is 17.0 Å². The fourth-order valence-electron chi connectivity index (χ4n) is 2.29. The van der Waals surface area contributed by atoms with E-state index in [1.165, 1.54) is 25.7 Å². The Bertz CT molecular complexity index is 200. The minimum atomic E-state index is -4.50. The van der Waals surface area contributed by atoms with Gasteiger partial charge in [-0.2, -0.15) is 0 Å². The van der Waals surface area contributed by atoms with Crippen LogP contribution in [0.2, 0.25) is 0 Å². The highest BCUT2D eigenvalue weighted by atomic mass is 19.4.